The molecule has 5 rings (SSSR count). The molecule has 8 nitrogen and oxygen atoms in total. The normalized spacial score (nSPS) is 19.9. The first-order valence-electron chi connectivity index (χ1n) is 12.0. The number of amides is 3. The Morgan fingerprint density at radius 1 is 1.19 bits per heavy atom. The van der Waals surface area contributed by atoms with Crippen molar-refractivity contribution in [2.75, 3.05) is 6.54 Å². The minimum atomic E-state index is -0.787. The van der Waals surface area contributed by atoms with Crippen molar-refractivity contribution in [1.29, 1.82) is 0 Å². The Kier molecular flexibility index (Phi) is 6.59. The van der Waals surface area contributed by atoms with E-state index in [0.29, 0.717) is 18.7 Å². The van der Waals surface area contributed by atoms with Crippen molar-refractivity contribution in [2.45, 2.75) is 51.5 Å². The van der Waals surface area contributed by atoms with E-state index in [1.54, 1.807) is 30.4 Å². The number of hydrogen-bond donors (Lipinski definition) is 2. The molecule has 3 heterocycles. The van der Waals surface area contributed by atoms with E-state index >= 15 is 0 Å². The van der Waals surface area contributed by atoms with Gasteiger partial charge in [0, 0.05) is 31.6 Å². The second-order valence-corrected chi connectivity index (χ2v) is 10.2. The Balaban J connectivity index is 1.22. The predicted octanol–water partition coefficient (Wildman–Crippen LogP) is 2.74. The molecule has 186 valence electrons. The van der Waals surface area contributed by atoms with Crippen LogP contribution in [0.2, 0.25) is 0 Å². The summed E-state index contributed by atoms with van der Waals surface area (Å²) in [6.45, 7) is 4.39. The fraction of sp³-hybridized carbons (Fsp3) is 0.333. The molecule has 1 saturated heterocycles. The molecule has 3 atom stereocenters. The molecule has 9 heteroatoms. The Morgan fingerprint density at radius 3 is 2.64 bits per heavy atom. The molecule has 0 aliphatic carbocycles. The van der Waals surface area contributed by atoms with Crippen LogP contribution >= 0.6 is 11.3 Å². The third-order valence-corrected chi connectivity index (χ3v) is 7.94. The summed E-state index contributed by atoms with van der Waals surface area (Å²) in [7, 11) is 0. The standard InChI is InChI=1S/C27H28N4O4S/c1-16-24(36-15-29-16)19-9-7-18(8-10-19)12-28-25(33)23-11-21(32)14-31(23)26(34)17(2)30-13-20-5-3-4-6-22(20)27(30)35/h3-10,15,17,21,23,32H,11-14H2,1-2H3,(H,28,33)/t17-,21+,23-/m0/s1. The van der Waals surface area contributed by atoms with E-state index < -0.39 is 18.2 Å². The highest BCUT2D eigenvalue weighted by molar-refractivity contribution is 7.13. The maximum absolute atomic E-state index is 13.4. The SMILES string of the molecule is Cc1ncsc1-c1ccc(CNC(=O)[C@@H]2C[C@@H](O)CN2C(=O)[C@H](C)N2Cc3ccccc3C2=O)cc1. The first kappa shape index (κ1) is 24.1. The second kappa shape index (κ2) is 9.83. The van der Waals surface area contributed by atoms with Gasteiger partial charge >= 0.3 is 0 Å². The quantitative estimate of drug-likeness (QED) is 0.538. The van der Waals surface area contributed by atoms with Crippen molar-refractivity contribution in [3.05, 3.63) is 76.4 Å². The highest BCUT2D eigenvalue weighted by Crippen LogP contribution is 2.28. The van der Waals surface area contributed by atoms with Gasteiger partial charge in [0.1, 0.15) is 12.1 Å². The molecule has 2 aromatic carbocycles. The second-order valence-electron chi connectivity index (χ2n) is 9.34. The molecule has 1 aromatic heterocycles. The van der Waals surface area contributed by atoms with Gasteiger partial charge in [0.2, 0.25) is 11.8 Å². The van der Waals surface area contributed by atoms with Crippen LogP contribution in [0.4, 0.5) is 0 Å². The summed E-state index contributed by atoms with van der Waals surface area (Å²) < 4.78 is 0. The number of thiazole rings is 1. The van der Waals surface area contributed by atoms with E-state index in [0.717, 1.165) is 27.3 Å². The zero-order valence-electron chi connectivity index (χ0n) is 20.2. The molecule has 2 N–H and O–H groups in total. The lowest BCUT2D eigenvalue weighted by Crippen LogP contribution is -2.52. The van der Waals surface area contributed by atoms with Gasteiger partial charge in [-0.15, -0.1) is 11.3 Å². The number of aliphatic hydroxyl groups excluding tert-OH is 1. The highest BCUT2D eigenvalue weighted by Gasteiger charge is 2.43. The maximum Gasteiger partial charge on any atom is 0.255 e. The molecule has 2 aliphatic rings. The molecule has 0 spiro atoms. The van der Waals surface area contributed by atoms with E-state index in [9.17, 15) is 19.5 Å². The lowest BCUT2D eigenvalue weighted by molar-refractivity contribution is -0.141. The van der Waals surface area contributed by atoms with E-state index in [1.165, 1.54) is 9.80 Å². The number of rotatable bonds is 6. The Labute approximate surface area is 213 Å². The number of aryl methyl sites for hydroxylation is 1. The number of nitrogens with one attached hydrogen (secondary N) is 1. The minimum Gasteiger partial charge on any atom is -0.391 e. The third-order valence-electron chi connectivity index (χ3n) is 6.97. The lowest BCUT2D eigenvalue weighted by atomic mass is 10.1. The molecule has 2 aliphatic heterocycles. The Bertz CT molecular complexity index is 1310. The van der Waals surface area contributed by atoms with E-state index in [-0.39, 0.29) is 30.7 Å². The van der Waals surface area contributed by atoms with Gasteiger partial charge in [0.15, 0.2) is 0 Å². The number of benzene rings is 2. The minimum absolute atomic E-state index is 0.0686. The molecule has 3 amide bonds. The summed E-state index contributed by atoms with van der Waals surface area (Å²) in [6, 6.07) is 13.7. The molecule has 0 unspecified atom stereocenters. The molecule has 1 fully saturated rings. The molecule has 0 radical (unpaired) electrons. The summed E-state index contributed by atoms with van der Waals surface area (Å²) in [5, 5.41) is 13.2. The third kappa shape index (κ3) is 4.52. The number of nitrogens with zero attached hydrogens (tertiary/aromatic N) is 3. The van der Waals surface area contributed by atoms with Crippen LogP contribution < -0.4 is 5.32 Å². The summed E-state index contributed by atoms with van der Waals surface area (Å²) in [6.07, 6.45) is -0.618. The number of β-amino-alcohol motifs (C(OH)–C–C–N with tert-alkyl or cyclic N) is 1. The average Bonchev–Trinajstić information content (AvgIpc) is 3.59. The number of carbonyl (C=O) groups is 3. The van der Waals surface area contributed by atoms with Crippen molar-refractivity contribution in [2.24, 2.45) is 0 Å². The van der Waals surface area contributed by atoms with E-state index in [1.807, 2.05) is 48.8 Å². The number of hydrogen-bond acceptors (Lipinski definition) is 6. The largest absolute Gasteiger partial charge is 0.391 e. The van der Waals surface area contributed by atoms with Crippen molar-refractivity contribution < 1.29 is 19.5 Å². The van der Waals surface area contributed by atoms with Crippen molar-refractivity contribution >= 4 is 29.1 Å². The number of aliphatic hydroxyl groups is 1. The zero-order valence-corrected chi connectivity index (χ0v) is 21.0. The van der Waals surface area contributed by atoms with Crippen molar-refractivity contribution in [3.8, 4) is 10.4 Å². The smallest absolute Gasteiger partial charge is 0.255 e. The Morgan fingerprint density at radius 2 is 1.94 bits per heavy atom. The van der Waals surface area contributed by atoms with Crippen LogP contribution in [-0.2, 0) is 22.7 Å². The van der Waals surface area contributed by atoms with E-state index in [4.69, 9.17) is 0 Å². The van der Waals surface area contributed by atoms with Crippen LogP contribution in [-0.4, -0.2) is 62.3 Å². The maximum atomic E-state index is 13.4. The molecule has 36 heavy (non-hydrogen) atoms. The van der Waals surface area contributed by atoms with Gasteiger partial charge in [0.25, 0.3) is 5.91 Å². The van der Waals surface area contributed by atoms with Crippen molar-refractivity contribution in [1.82, 2.24) is 20.1 Å². The van der Waals surface area contributed by atoms with Crippen molar-refractivity contribution in [3.63, 3.8) is 0 Å². The highest BCUT2D eigenvalue weighted by atomic mass is 32.1. The van der Waals surface area contributed by atoms with Crippen LogP contribution in [0.1, 0.15) is 40.5 Å². The molecule has 0 saturated carbocycles. The fourth-order valence-electron chi connectivity index (χ4n) is 4.93. The fourth-order valence-corrected chi connectivity index (χ4v) is 5.74. The van der Waals surface area contributed by atoms with Crippen LogP contribution in [0.5, 0.6) is 0 Å². The first-order chi connectivity index (χ1) is 17.3. The summed E-state index contributed by atoms with van der Waals surface area (Å²) in [4.78, 5) is 47.6. The van der Waals surface area contributed by atoms with Gasteiger partial charge in [-0.25, -0.2) is 4.98 Å². The monoisotopic (exact) mass is 504 g/mol. The molecule has 3 aromatic rings. The number of carbonyl (C=O) groups excluding carboxylic acids is 3. The summed E-state index contributed by atoms with van der Waals surface area (Å²) in [5.74, 6) is -0.841. The van der Waals surface area contributed by atoms with Crippen LogP contribution in [0.3, 0.4) is 0 Å². The van der Waals surface area contributed by atoms with Gasteiger partial charge in [0.05, 0.1) is 22.2 Å². The van der Waals surface area contributed by atoms with Gasteiger partial charge in [-0.3, -0.25) is 14.4 Å². The number of aromatic nitrogens is 1. The van der Waals surface area contributed by atoms with Crippen LogP contribution in [0, 0.1) is 6.92 Å². The van der Waals surface area contributed by atoms with Gasteiger partial charge < -0.3 is 20.2 Å². The molecular weight excluding hydrogens is 476 g/mol. The summed E-state index contributed by atoms with van der Waals surface area (Å²) in [5.41, 5.74) is 6.30. The predicted molar refractivity (Wildman–Crippen MR) is 136 cm³/mol. The number of likely N-dealkylation sites (tertiary alicyclic amines) is 1. The van der Waals surface area contributed by atoms with Crippen LogP contribution in [0.15, 0.2) is 54.0 Å². The lowest BCUT2D eigenvalue weighted by Gasteiger charge is -2.30. The van der Waals surface area contributed by atoms with E-state index in [2.05, 4.69) is 10.3 Å². The Hall–Kier alpha value is -3.56. The first-order valence-corrected chi connectivity index (χ1v) is 12.9. The van der Waals surface area contributed by atoms with Gasteiger partial charge in [-0.05, 0) is 36.6 Å². The zero-order chi connectivity index (χ0) is 25.4. The topological polar surface area (TPSA) is 103 Å². The number of fused-ring (bicyclic) bond motifs is 1. The van der Waals surface area contributed by atoms with Gasteiger partial charge in [-0.2, -0.15) is 0 Å². The van der Waals surface area contributed by atoms with Crippen LogP contribution in [0.25, 0.3) is 10.4 Å². The molecule has 0 bridgehead atoms. The molecular formula is C27H28N4O4S. The van der Waals surface area contributed by atoms with Gasteiger partial charge in [-0.1, -0.05) is 42.5 Å². The average molecular weight is 505 g/mol. The summed E-state index contributed by atoms with van der Waals surface area (Å²) >= 11 is 1.59.